The molecule has 1 fully saturated rings. The van der Waals surface area contributed by atoms with Crippen molar-refractivity contribution in [3.05, 3.63) is 35.2 Å². The second-order valence-corrected chi connectivity index (χ2v) is 11.0. The molecular weight excluding hydrogens is 381 g/mol. The van der Waals surface area contributed by atoms with Crippen LogP contribution in [-0.2, 0) is 9.36 Å². The smallest absolute Gasteiger partial charge is 0.370 e. The molecule has 4 aliphatic rings. The molecule has 3 N–H and O–H groups in total. The lowest BCUT2D eigenvalue weighted by molar-refractivity contribution is -0.118. The average molecular weight is 419 g/mol. The molecule has 4 unspecified atom stereocenters. The van der Waals surface area contributed by atoms with Gasteiger partial charge in [-0.1, -0.05) is 51.8 Å². The number of nitrogens with two attached hydrogens (primary N) is 1. The van der Waals surface area contributed by atoms with Gasteiger partial charge >= 0.3 is 8.03 Å². The number of hydrogen-bond donors (Lipinski definition) is 2. The molecule has 0 aliphatic heterocycles. The molecule has 4 nitrogen and oxygen atoms in total. The minimum Gasteiger partial charge on any atom is -0.370 e. The molecule has 0 saturated heterocycles. The zero-order valence-corrected chi connectivity index (χ0v) is 19.1. The Kier molecular flexibility index (Phi) is 6.85. The Morgan fingerprint density at radius 1 is 1.34 bits per heavy atom. The lowest BCUT2D eigenvalue weighted by Gasteiger charge is -2.53. The Labute approximate surface area is 176 Å². The van der Waals surface area contributed by atoms with Gasteiger partial charge in [-0.05, 0) is 76.9 Å². The SMILES string of the molecule is CCCCC(N)=O.C[C@]12CCC([P+](=O)O)=CC1=CCC1C2C=C[C@]2(C)CCCC12. The highest BCUT2D eigenvalue weighted by molar-refractivity contribution is 7.43. The lowest BCUT2D eigenvalue weighted by Crippen LogP contribution is -2.45. The fourth-order valence-electron chi connectivity index (χ4n) is 6.21. The zero-order chi connectivity index (χ0) is 21.2. The van der Waals surface area contributed by atoms with Crippen LogP contribution in [0.3, 0.4) is 0 Å². The highest BCUT2D eigenvalue weighted by Gasteiger charge is 2.53. The summed E-state index contributed by atoms with van der Waals surface area (Å²) in [4.78, 5) is 19.4. The van der Waals surface area contributed by atoms with E-state index in [-0.39, 0.29) is 11.3 Å². The van der Waals surface area contributed by atoms with E-state index in [2.05, 4.69) is 32.1 Å². The maximum absolute atomic E-state index is 11.4. The first kappa shape index (κ1) is 22.4. The van der Waals surface area contributed by atoms with E-state index in [1.165, 1.54) is 24.8 Å². The highest BCUT2D eigenvalue weighted by Crippen LogP contribution is 2.62. The number of fused-ring (bicyclic) bond motifs is 5. The maximum Gasteiger partial charge on any atom is 0.541 e. The van der Waals surface area contributed by atoms with E-state index in [9.17, 15) is 14.3 Å². The number of unbranched alkanes of at least 4 members (excludes halogenated alkanes) is 1. The van der Waals surface area contributed by atoms with Gasteiger partial charge in [-0.25, -0.2) is 0 Å². The Bertz CT molecular complexity index is 755. The maximum atomic E-state index is 11.4. The molecule has 4 aliphatic carbocycles. The Morgan fingerprint density at radius 3 is 2.72 bits per heavy atom. The van der Waals surface area contributed by atoms with E-state index < -0.39 is 8.03 Å². The largest absolute Gasteiger partial charge is 0.541 e. The molecule has 0 aromatic heterocycles. The van der Waals surface area contributed by atoms with Gasteiger partial charge in [0.05, 0.1) is 0 Å². The Morgan fingerprint density at radius 2 is 2.10 bits per heavy atom. The summed E-state index contributed by atoms with van der Waals surface area (Å²) in [6.45, 7) is 6.87. The van der Waals surface area contributed by atoms with Gasteiger partial charge in [-0.3, -0.25) is 4.79 Å². The van der Waals surface area contributed by atoms with Crippen molar-refractivity contribution >= 4 is 13.9 Å². The van der Waals surface area contributed by atoms with Crippen molar-refractivity contribution in [1.82, 2.24) is 0 Å². The standard InChI is InChI=1S/C19H25O2P.C5H11NO/c1-18-9-3-4-16(18)15-6-5-13-12-14(22(20)21)7-11-19(13,2)17(15)8-10-18;1-2-3-4-5(6)7/h5,8,10,12,15-17H,3-4,6-7,9,11H2,1-2H3;2-4H2,1H3,(H2,6,7)/p+1/t15?,16?,17?,18-,19-;/m0./s1. The van der Waals surface area contributed by atoms with Crippen LogP contribution in [0.2, 0.25) is 0 Å². The van der Waals surface area contributed by atoms with Crippen LogP contribution < -0.4 is 5.73 Å². The van der Waals surface area contributed by atoms with Gasteiger partial charge in [0.25, 0.3) is 0 Å². The minimum absolute atomic E-state index is 0.165. The molecule has 160 valence electrons. The second kappa shape index (κ2) is 8.86. The molecule has 0 radical (unpaired) electrons. The molecule has 0 spiro atoms. The summed E-state index contributed by atoms with van der Waals surface area (Å²) in [5.41, 5.74) is 6.75. The molecule has 5 heteroatoms. The van der Waals surface area contributed by atoms with E-state index in [0.717, 1.165) is 49.3 Å². The normalized spacial score (nSPS) is 37.8. The van der Waals surface area contributed by atoms with Crippen LogP contribution in [-0.4, -0.2) is 10.8 Å². The van der Waals surface area contributed by atoms with Gasteiger partial charge in [0.15, 0.2) is 0 Å². The van der Waals surface area contributed by atoms with E-state index in [0.29, 0.717) is 17.8 Å². The summed E-state index contributed by atoms with van der Waals surface area (Å²) in [5, 5.41) is 0.739. The van der Waals surface area contributed by atoms with Crippen LogP contribution in [0.1, 0.15) is 78.6 Å². The van der Waals surface area contributed by atoms with Crippen molar-refractivity contribution in [2.24, 2.45) is 34.3 Å². The summed E-state index contributed by atoms with van der Waals surface area (Å²) >= 11 is 0. The molecule has 29 heavy (non-hydrogen) atoms. The molecule has 1 amide bonds. The number of rotatable bonds is 4. The number of primary amides is 1. The summed E-state index contributed by atoms with van der Waals surface area (Å²) < 4.78 is 11.4. The van der Waals surface area contributed by atoms with Crippen molar-refractivity contribution in [3.63, 3.8) is 0 Å². The molecule has 4 rings (SSSR count). The van der Waals surface area contributed by atoms with Crippen molar-refractivity contribution < 1.29 is 14.3 Å². The van der Waals surface area contributed by atoms with Crippen molar-refractivity contribution in [3.8, 4) is 0 Å². The number of hydrogen-bond acceptors (Lipinski definition) is 2. The average Bonchev–Trinajstić information content (AvgIpc) is 3.07. The summed E-state index contributed by atoms with van der Waals surface area (Å²) in [6, 6.07) is 0. The first-order chi connectivity index (χ1) is 13.7. The molecule has 0 aromatic carbocycles. The molecule has 1 saturated carbocycles. The summed E-state index contributed by atoms with van der Waals surface area (Å²) in [7, 11) is -2.16. The van der Waals surface area contributed by atoms with Gasteiger partial charge in [0.2, 0.25) is 11.2 Å². The number of carbonyl (C=O) groups excluding carboxylic acids is 1. The quantitative estimate of drug-likeness (QED) is 0.434. The molecular formula is C24H37NO3P+. The fraction of sp³-hybridized carbons (Fsp3) is 0.708. The first-order valence-electron chi connectivity index (χ1n) is 11.3. The Balaban J connectivity index is 0.000000298. The first-order valence-corrected chi connectivity index (χ1v) is 12.5. The van der Waals surface area contributed by atoms with E-state index in [4.69, 9.17) is 5.73 Å². The molecule has 0 bridgehead atoms. The van der Waals surface area contributed by atoms with Gasteiger partial charge < -0.3 is 5.73 Å². The van der Waals surface area contributed by atoms with E-state index >= 15 is 0 Å². The third-order valence-corrected chi connectivity index (χ3v) is 8.83. The number of carbonyl (C=O) groups is 1. The lowest BCUT2D eigenvalue weighted by atomic mass is 9.51. The summed E-state index contributed by atoms with van der Waals surface area (Å²) in [5.74, 6) is 2.01. The van der Waals surface area contributed by atoms with Crippen LogP contribution in [0.5, 0.6) is 0 Å². The van der Waals surface area contributed by atoms with Gasteiger partial charge in [0, 0.05) is 12.8 Å². The monoisotopic (exact) mass is 418 g/mol. The van der Waals surface area contributed by atoms with Crippen LogP contribution in [0.15, 0.2) is 35.2 Å². The predicted molar refractivity (Wildman–Crippen MR) is 118 cm³/mol. The number of amides is 1. The van der Waals surface area contributed by atoms with Crippen LogP contribution >= 0.6 is 8.03 Å². The van der Waals surface area contributed by atoms with E-state index in [1.807, 2.05) is 13.0 Å². The Hall–Kier alpha value is -1.25. The van der Waals surface area contributed by atoms with Gasteiger partial charge in [-0.2, -0.15) is 4.89 Å². The van der Waals surface area contributed by atoms with Crippen LogP contribution in [0, 0.1) is 28.6 Å². The highest BCUT2D eigenvalue weighted by atomic mass is 31.1. The molecule has 6 atom stereocenters. The zero-order valence-electron chi connectivity index (χ0n) is 18.2. The van der Waals surface area contributed by atoms with Gasteiger partial charge in [0.1, 0.15) is 0 Å². The van der Waals surface area contributed by atoms with Crippen molar-refractivity contribution in [2.45, 2.75) is 78.6 Å². The van der Waals surface area contributed by atoms with Crippen molar-refractivity contribution in [2.75, 3.05) is 0 Å². The van der Waals surface area contributed by atoms with Crippen LogP contribution in [0.4, 0.5) is 0 Å². The predicted octanol–water partition coefficient (Wildman–Crippen LogP) is 6.01. The minimum atomic E-state index is -2.16. The van der Waals surface area contributed by atoms with Crippen molar-refractivity contribution in [1.29, 1.82) is 0 Å². The second-order valence-electron chi connectivity index (χ2n) is 9.84. The number of allylic oxidation sites excluding steroid dienone is 6. The van der Waals surface area contributed by atoms with E-state index in [1.54, 1.807) is 0 Å². The van der Waals surface area contributed by atoms with Gasteiger partial charge in [-0.15, -0.1) is 0 Å². The third kappa shape index (κ3) is 4.44. The third-order valence-electron chi connectivity index (χ3n) is 7.99. The summed E-state index contributed by atoms with van der Waals surface area (Å²) in [6.07, 6.45) is 19.0. The molecule has 0 heterocycles. The topological polar surface area (TPSA) is 80.4 Å². The molecule has 0 aromatic rings. The fourth-order valence-corrected chi connectivity index (χ4v) is 6.76. The van der Waals surface area contributed by atoms with Crippen LogP contribution in [0.25, 0.3) is 0 Å².